The summed E-state index contributed by atoms with van der Waals surface area (Å²) in [6.45, 7) is 7.92. The highest BCUT2D eigenvalue weighted by Crippen LogP contribution is 2.20. The summed E-state index contributed by atoms with van der Waals surface area (Å²) < 4.78 is 0. The lowest BCUT2D eigenvalue weighted by atomic mass is 10.2. The van der Waals surface area contributed by atoms with E-state index in [0.717, 1.165) is 30.3 Å². The molecular weight excluding hydrogens is 386 g/mol. The molecule has 0 bridgehead atoms. The predicted octanol–water partition coefficient (Wildman–Crippen LogP) is 5.28. The standard InChI is InChI=1S/C22H24ClN5O/c1-4-28(5-2)20-14-15(3)24-22(27-20)26-19-12-10-18(11-13-19)25-21(29)16-6-8-17(23)9-7-16/h6-14H,4-5H2,1-3H3,(H,25,29)(H,24,26,27). The van der Waals surface area contributed by atoms with Crippen molar-refractivity contribution in [1.29, 1.82) is 0 Å². The summed E-state index contributed by atoms with van der Waals surface area (Å²) >= 11 is 5.86. The van der Waals surface area contributed by atoms with Gasteiger partial charge < -0.3 is 15.5 Å². The molecule has 6 nitrogen and oxygen atoms in total. The molecule has 3 aromatic rings. The lowest BCUT2D eigenvalue weighted by Gasteiger charge is -2.20. The van der Waals surface area contributed by atoms with E-state index in [-0.39, 0.29) is 5.91 Å². The van der Waals surface area contributed by atoms with Crippen LogP contribution in [0.5, 0.6) is 0 Å². The van der Waals surface area contributed by atoms with Gasteiger partial charge in [0.15, 0.2) is 0 Å². The molecule has 0 atom stereocenters. The molecule has 0 spiro atoms. The molecule has 29 heavy (non-hydrogen) atoms. The van der Waals surface area contributed by atoms with Crippen LogP contribution in [0, 0.1) is 6.92 Å². The summed E-state index contributed by atoms with van der Waals surface area (Å²) in [5.41, 5.74) is 2.99. The fraction of sp³-hybridized carbons (Fsp3) is 0.227. The molecule has 1 aromatic heterocycles. The van der Waals surface area contributed by atoms with Crippen molar-refractivity contribution < 1.29 is 4.79 Å². The summed E-state index contributed by atoms with van der Waals surface area (Å²) in [6.07, 6.45) is 0. The van der Waals surface area contributed by atoms with Crippen molar-refractivity contribution in [3.8, 4) is 0 Å². The van der Waals surface area contributed by atoms with Crippen LogP contribution in [-0.4, -0.2) is 29.0 Å². The van der Waals surface area contributed by atoms with E-state index < -0.39 is 0 Å². The van der Waals surface area contributed by atoms with Gasteiger partial charge in [-0.25, -0.2) is 4.98 Å². The van der Waals surface area contributed by atoms with Crippen LogP contribution in [0.2, 0.25) is 5.02 Å². The van der Waals surface area contributed by atoms with E-state index in [4.69, 9.17) is 11.6 Å². The number of nitrogens with one attached hydrogen (secondary N) is 2. The number of aromatic nitrogens is 2. The van der Waals surface area contributed by atoms with E-state index in [0.29, 0.717) is 22.2 Å². The molecule has 1 amide bonds. The Bertz CT molecular complexity index is 969. The summed E-state index contributed by atoms with van der Waals surface area (Å²) in [5, 5.41) is 6.70. The van der Waals surface area contributed by atoms with Crippen LogP contribution >= 0.6 is 11.6 Å². The molecule has 0 aliphatic carbocycles. The number of hydrogen-bond acceptors (Lipinski definition) is 5. The van der Waals surface area contributed by atoms with Crippen LogP contribution in [0.4, 0.5) is 23.1 Å². The maximum absolute atomic E-state index is 12.3. The molecular formula is C22H24ClN5O. The Labute approximate surface area is 175 Å². The fourth-order valence-electron chi connectivity index (χ4n) is 2.89. The minimum atomic E-state index is -0.187. The van der Waals surface area contributed by atoms with Gasteiger partial charge in [-0.3, -0.25) is 4.79 Å². The molecule has 7 heteroatoms. The zero-order chi connectivity index (χ0) is 20.8. The Morgan fingerprint density at radius 1 is 0.966 bits per heavy atom. The number of carbonyl (C=O) groups excluding carboxylic acids is 1. The number of aryl methyl sites for hydroxylation is 1. The second kappa shape index (κ2) is 9.39. The van der Waals surface area contributed by atoms with Crippen LogP contribution in [0.25, 0.3) is 0 Å². The largest absolute Gasteiger partial charge is 0.357 e. The van der Waals surface area contributed by atoms with Gasteiger partial charge in [-0.05, 0) is 69.3 Å². The first-order valence-corrected chi connectivity index (χ1v) is 9.91. The molecule has 0 saturated heterocycles. The van der Waals surface area contributed by atoms with E-state index in [1.165, 1.54) is 0 Å². The highest BCUT2D eigenvalue weighted by molar-refractivity contribution is 6.30. The van der Waals surface area contributed by atoms with Crippen molar-refractivity contribution in [3.63, 3.8) is 0 Å². The van der Waals surface area contributed by atoms with Crippen LogP contribution in [0.3, 0.4) is 0 Å². The fourth-order valence-corrected chi connectivity index (χ4v) is 3.01. The van der Waals surface area contributed by atoms with Crippen LogP contribution in [0.1, 0.15) is 29.9 Å². The van der Waals surface area contributed by atoms with E-state index in [1.54, 1.807) is 24.3 Å². The van der Waals surface area contributed by atoms with Crippen molar-refractivity contribution in [2.75, 3.05) is 28.6 Å². The molecule has 0 fully saturated rings. The van der Waals surface area contributed by atoms with Crippen molar-refractivity contribution in [3.05, 3.63) is 70.9 Å². The zero-order valence-electron chi connectivity index (χ0n) is 16.7. The number of carbonyl (C=O) groups is 1. The SMILES string of the molecule is CCN(CC)c1cc(C)nc(Nc2ccc(NC(=O)c3ccc(Cl)cc3)cc2)n1. The Balaban J connectivity index is 1.69. The third-order valence-electron chi connectivity index (χ3n) is 4.43. The van der Waals surface area contributed by atoms with Gasteiger partial charge in [0.05, 0.1) is 0 Å². The molecule has 2 N–H and O–H groups in total. The molecule has 0 aliphatic rings. The topological polar surface area (TPSA) is 70.2 Å². The molecule has 150 valence electrons. The average molecular weight is 410 g/mol. The van der Waals surface area contributed by atoms with Crippen LogP contribution in [0.15, 0.2) is 54.6 Å². The quantitative estimate of drug-likeness (QED) is 0.555. The van der Waals surface area contributed by atoms with Crippen molar-refractivity contribution in [1.82, 2.24) is 9.97 Å². The summed E-state index contributed by atoms with van der Waals surface area (Å²) in [5.74, 6) is 1.26. The van der Waals surface area contributed by atoms with Gasteiger partial charge in [0.25, 0.3) is 5.91 Å². The number of anilines is 4. The molecule has 2 aromatic carbocycles. The predicted molar refractivity (Wildman–Crippen MR) is 119 cm³/mol. The van der Waals surface area contributed by atoms with Gasteiger partial charge in [0.1, 0.15) is 5.82 Å². The smallest absolute Gasteiger partial charge is 0.255 e. The zero-order valence-corrected chi connectivity index (χ0v) is 17.5. The second-order valence-electron chi connectivity index (χ2n) is 6.53. The number of hydrogen-bond donors (Lipinski definition) is 2. The molecule has 0 radical (unpaired) electrons. The molecule has 3 rings (SSSR count). The van der Waals surface area contributed by atoms with E-state index in [2.05, 4.69) is 39.3 Å². The summed E-state index contributed by atoms with van der Waals surface area (Å²) in [6, 6.07) is 16.2. The number of amides is 1. The van der Waals surface area contributed by atoms with Gasteiger partial charge in [0.2, 0.25) is 5.95 Å². The van der Waals surface area contributed by atoms with Gasteiger partial charge in [-0.1, -0.05) is 11.6 Å². The first-order chi connectivity index (χ1) is 14.0. The minimum Gasteiger partial charge on any atom is -0.357 e. The van der Waals surface area contributed by atoms with Crippen molar-refractivity contribution >= 4 is 40.6 Å². The maximum atomic E-state index is 12.3. The Kier molecular flexibility index (Phi) is 6.67. The van der Waals surface area contributed by atoms with Crippen molar-refractivity contribution in [2.45, 2.75) is 20.8 Å². The van der Waals surface area contributed by atoms with Gasteiger partial charge in [0, 0.05) is 46.8 Å². The number of nitrogens with zero attached hydrogens (tertiary/aromatic N) is 3. The molecule has 0 aliphatic heterocycles. The second-order valence-corrected chi connectivity index (χ2v) is 6.96. The Morgan fingerprint density at radius 3 is 2.21 bits per heavy atom. The number of halogens is 1. The maximum Gasteiger partial charge on any atom is 0.255 e. The first kappa shape index (κ1) is 20.6. The number of rotatable bonds is 7. The molecule has 0 unspecified atom stereocenters. The van der Waals surface area contributed by atoms with Crippen LogP contribution in [-0.2, 0) is 0 Å². The van der Waals surface area contributed by atoms with E-state index in [9.17, 15) is 4.79 Å². The van der Waals surface area contributed by atoms with Gasteiger partial charge in [-0.2, -0.15) is 4.98 Å². The van der Waals surface area contributed by atoms with Gasteiger partial charge in [-0.15, -0.1) is 0 Å². The third kappa shape index (κ3) is 5.45. The van der Waals surface area contributed by atoms with Crippen molar-refractivity contribution in [2.24, 2.45) is 0 Å². The molecule has 0 saturated carbocycles. The lowest BCUT2D eigenvalue weighted by molar-refractivity contribution is 0.102. The van der Waals surface area contributed by atoms with E-state index in [1.807, 2.05) is 37.3 Å². The van der Waals surface area contributed by atoms with E-state index >= 15 is 0 Å². The normalized spacial score (nSPS) is 10.5. The molecule has 1 heterocycles. The summed E-state index contributed by atoms with van der Waals surface area (Å²) in [4.78, 5) is 23.6. The third-order valence-corrected chi connectivity index (χ3v) is 4.69. The minimum absolute atomic E-state index is 0.187. The highest BCUT2D eigenvalue weighted by atomic mass is 35.5. The Morgan fingerprint density at radius 2 is 1.59 bits per heavy atom. The highest BCUT2D eigenvalue weighted by Gasteiger charge is 2.09. The van der Waals surface area contributed by atoms with Crippen LogP contribution < -0.4 is 15.5 Å². The lowest BCUT2D eigenvalue weighted by Crippen LogP contribution is -2.23. The van der Waals surface area contributed by atoms with Gasteiger partial charge >= 0.3 is 0 Å². The average Bonchev–Trinajstić information content (AvgIpc) is 2.70. The first-order valence-electron chi connectivity index (χ1n) is 9.53. The summed E-state index contributed by atoms with van der Waals surface area (Å²) in [7, 11) is 0. The Hall–Kier alpha value is -3.12. The monoisotopic (exact) mass is 409 g/mol. The number of benzene rings is 2.